The first-order chi connectivity index (χ1) is 6.77. The summed E-state index contributed by atoms with van der Waals surface area (Å²) >= 11 is 11.8. The minimum atomic E-state index is 0.405. The third-order valence-electron chi connectivity index (χ3n) is 1.64. The molecule has 0 N–H and O–H groups in total. The Labute approximate surface area is 91.6 Å². The highest BCUT2D eigenvalue weighted by atomic mass is 35.5. The molecule has 0 aliphatic carbocycles. The summed E-state index contributed by atoms with van der Waals surface area (Å²) in [6.45, 7) is 0. The molecule has 71 valence electrons. The monoisotopic (exact) mass is 226 g/mol. The topological polar surface area (TPSA) is 14.2 Å². The second-order valence-corrected chi connectivity index (χ2v) is 3.40. The van der Waals surface area contributed by atoms with Gasteiger partial charge in [0.05, 0.1) is 11.2 Å². The molecule has 0 fully saturated rings. The van der Waals surface area contributed by atoms with Crippen LogP contribution in [0.1, 0.15) is 0 Å². The van der Waals surface area contributed by atoms with Crippen LogP contribution in [0.2, 0.25) is 10.0 Å². The van der Waals surface area contributed by atoms with Crippen LogP contribution in [0, 0.1) is 6.07 Å². The van der Waals surface area contributed by atoms with E-state index in [9.17, 15) is 0 Å². The van der Waals surface area contributed by atoms with Gasteiger partial charge in [0.25, 0.3) is 0 Å². The van der Waals surface area contributed by atoms with E-state index in [-0.39, 0.29) is 0 Å². The molecule has 1 aromatic heterocycles. The molecule has 1 radical (unpaired) electrons. The lowest BCUT2D eigenvalue weighted by atomic mass is 10.3. The molecule has 1 heterocycles. The molecule has 4 heteroatoms. The zero-order chi connectivity index (χ0) is 9.97. The maximum absolute atomic E-state index is 5.93. The number of rotatable bonds is 2. The lowest BCUT2D eigenvalue weighted by molar-refractivity contribution is 0.217. The summed E-state index contributed by atoms with van der Waals surface area (Å²) in [5.74, 6) is 0.517. The molecule has 0 atom stereocenters. The van der Waals surface area contributed by atoms with Crippen LogP contribution in [-0.2, 0) is 0 Å². The van der Waals surface area contributed by atoms with Gasteiger partial charge < -0.3 is 4.84 Å². The van der Waals surface area contributed by atoms with Crippen LogP contribution in [0.4, 0.5) is 0 Å². The van der Waals surface area contributed by atoms with Gasteiger partial charge in [0, 0.05) is 12.3 Å². The highest BCUT2D eigenvalue weighted by Crippen LogP contribution is 2.31. The largest absolute Gasteiger partial charge is 0.374 e. The second-order valence-electron chi connectivity index (χ2n) is 2.61. The summed E-state index contributed by atoms with van der Waals surface area (Å²) in [5.41, 5.74) is 0. The molecule has 1 aromatic carbocycles. The Morgan fingerprint density at radius 3 is 2.86 bits per heavy atom. The number of benzene rings is 1. The predicted molar refractivity (Wildman–Crippen MR) is 55.8 cm³/mol. The van der Waals surface area contributed by atoms with Gasteiger partial charge in [0.15, 0.2) is 5.75 Å². The highest BCUT2D eigenvalue weighted by molar-refractivity contribution is 6.42. The van der Waals surface area contributed by atoms with Gasteiger partial charge in [-0.2, -0.15) is 4.73 Å². The van der Waals surface area contributed by atoms with Gasteiger partial charge in [0.1, 0.15) is 5.02 Å². The summed E-state index contributed by atoms with van der Waals surface area (Å²) in [4.78, 5) is 5.40. The summed E-state index contributed by atoms with van der Waals surface area (Å²) in [7, 11) is 0. The number of hydrogen-bond donors (Lipinski definition) is 0. The van der Waals surface area contributed by atoms with Crippen molar-refractivity contribution in [2.75, 3.05) is 0 Å². The van der Waals surface area contributed by atoms with Gasteiger partial charge in [-0.15, -0.1) is 0 Å². The quantitative estimate of drug-likeness (QED) is 0.766. The fraction of sp³-hybridized carbons (Fsp3) is 0. The van der Waals surface area contributed by atoms with Gasteiger partial charge in [-0.25, -0.2) is 0 Å². The summed E-state index contributed by atoms with van der Waals surface area (Å²) in [6.07, 6.45) is 3.37. The maximum Gasteiger partial charge on any atom is 0.175 e. The zero-order valence-electron chi connectivity index (χ0n) is 7.08. The van der Waals surface area contributed by atoms with Crippen molar-refractivity contribution < 1.29 is 4.84 Å². The Kier molecular flexibility index (Phi) is 2.66. The van der Waals surface area contributed by atoms with E-state index < -0.39 is 0 Å². The molecule has 0 bridgehead atoms. The summed E-state index contributed by atoms with van der Waals surface area (Å²) in [6, 6.07) is 9.81. The second kappa shape index (κ2) is 3.95. The predicted octanol–water partition coefficient (Wildman–Crippen LogP) is 3.44. The van der Waals surface area contributed by atoms with E-state index in [0.29, 0.717) is 15.8 Å². The third-order valence-corrected chi connectivity index (χ3v) is 2.44. The van der Waals surface area contributed by atoms with Crippen molar-refractivity contribution in [1.82, 2.24) is 4.73 Å². The maximum atomic E-state index is 5.93. The molecular formula is C10H6Cl2NO. The molecule has 14 heavy (non-hydrogen) atoms. The van der Waals surface area contributed by atoms with E-state index in [1.807, 2.05) is 0 Å². The number of hydrogen-bond acceptors (Lipinski definition) is 1. The SMILES string of the molecule is Clc1cccc(On2c[c]cc2)c1Cl. The van der Waals surface area contributed by atoms with E-state index in [4.69, 9.17) is 28.0 Å². The van der Waals surface area contributed by atoms with E-state index in [0.717, 1.165) is 0 Å². The van der Waals surface area contributed by atoms with E-state index in [2.05, 4.69) is 6.07 Å². The summed E-state index contributed by atoms with van der Waals surface area (Å²) < 4.78 is 1.50. The Bertz CT molecular complexity index is 426. The average molecular weight is 227 g/mol. The number of aromatic nitrogens is 1. The Balaban J connectivity index is 2.29. The van der Waals surface area contributed by atoms with Crippen molar-refractivity contribution >= 4 is 23.2 Å². The minimum Gasteiger partial charge on any atom is -0.374 e. The number of nitrogens with zero attached hydrogens (tertiary/aromatic N) is 1. The molecular weight excluding hydrogens is 221 g/mol. The van der Waals surface area contributed by atoms with Crippen molar-refractivity contribution in [2.24, 2.45) is 0 Å². The Hall–Kier alpha value is -1.12. The Morgan fingerprint density at radius 1 is 1.29 bits per heavy atom. The molecule has 0 saturated carbocycles. The highest BCUT2D eigenvalue weighted by Gasteiger charge is 2.05. The molecule has 0 amide bonds. The lowest BCUT2D eigenvalue weighted by Gasteiger charge is -2.07. The lowest BCUT2D eigenvalue weighted by Crippen LogP contribution is -2.01. The first-order valence-electron chi connectivity index (χ1n) is 3.94. The fourth-order valence-electron chi connectivity index (χ4n) is 1.00. The van der Waals surface area contributed by atoms with Crippen molar-refractivity contribution in [2.45, 2.75) is 0 Å². The molecule has 0 aliphatic rings. The van der Waals surface area contributed by atoms with Gasteiger partial charge in [-0.05, 0) is 18.2 Å². The van der Waals surface area contributed by atoms with Crippen molar-refractivity contribution in [3.05, 3.63) is 52.8 Å². The molecule has 2 aromatic rings. The van der Waals surface area contributed by atoms with Crippen LogP contribution < -0.4 is 4.84 Å². The van der Waals surface area contributed by atoms with Crippen LogP contribution in [0.3, 0.4) is 0 Å². The van der Waals surface area contributed by atoms with E-state index in [1.54, 1.807) is 36.7 Å². The third kappa shape index (κ3) is 1.86. The fourth-order valence-corrected chi connectivity index (χ4v) is 1.33. The van der Waals surface area contributed by atoms with Crippen molar-refractivity contribution in [3.8, 4) is 5.75 Å². The van der Waals surface area contributed by atoms with Gasteiger partial charge in [-0.3, -0.25) is 0 Å². The molecule has 2 rings (SSSR count). The first kappa shape index (κ1) is 9.44. The molecule has 0 aliphatic heterocycles. The smallest absolute Gasteiger partial charge is 0.175 e. The van der Waals surface area contributed by atoms with Crippen LogP contribution >= 0.6 is 23.2 Å². The van der Waals surface area contributed by atoms with Gasteiger partial charge in [-0.1, -0.05) is 29.3 Å². The van der Waals surface area contributed by atoms with Crippen LogP contribution in [-0.4, -0.2) is 4.73 Å². The summed E-state index contributed by atoms with van der Waals surface area (Å²) in [5, 5.41) is 0.878. The molecule has 0 saturated heterocycles. The molecule has 0 unspecified atom stereocenters. The minimum absolute atomic E-state index is 0.405. The normalized spacial score (nSPS) is 10.1. The zero-order valence-corrected chi connectivity index (χ0v) is 8.59. The van der Waals surface area contributed by atoms with Crippen LogP contribution in [0.25, 0.3) is 0 Å². The van der Waals surface area contributed by atoms with Crippen molar-refractivity contribution in [3.63, 3.8) is 0 Å². The molecule has 2 nitrogen and oxygen atoms in total. The van der Waals surface area contributed by atoms with E-state index in [1.165, 1.54) is 4.73 Å². The first-order valence-corrected chi connectivity index (χ1v) is 4.69. The van der Waals surface area contributed by atoms with Crippen molar-refractivity contribution in [1.29, 1.82) is 0 Å². The Morgan fingerprint density at radius 2 is 2.14 bits per heavy atom. The number of halogens is 2. The van der Waals surface area contributed by atoms with E-state index >= 15 is 0 Å². The average Bonchev–Trinajstić information content (AvgIpc) is 2.66. The van der Waals surface area contributed by atoms with Gasteiger partial charge in [0.2, 0.25) is 0 Å². The van der Waals surface area contributed by atoms with Crippen LogP contribution in [0.5, 0.6) is 5.75 Å². The van der Waals surface area contributed by atoms with Crippen LogP contribution in [0.15, 0.2) is 36.7 Å². The standard InChI is InChI=1S/C10H6Cl2NO/c11-8-4-3-5-9(10(8)12)14-13-6-1-2-7-13/h1,3-7H. The van der Waals surface area contributed by atoms with Gasteiger partial charge >= 0.3 is 0 Å². The molecule has 0 spiro atoms.